The van der Waals surface area contributed by atoms with E-state index in [-0.39, 0.29) is 5.97 Å². The van der Waals surface area contributed by atoms with Crippen LogP contribution in [0.1, 0.15) is 13.8 Å². The lowest BCUT2D eigenvalue weighted by Gasteiger charge is -1.94. The molecule has 0 spiro atoms. The quantitative estimate of drug-likeness (QED) is 0.413. The average molecular weight is 212 g/mol. The van der Waals surface area contributed by atoms with Gasteiger partial charge in [-0.05, 0) is 12.4 Å². The molecule has 4 nitrogen and oxygen atoms in total. The molecule has 5 heteroatoms. The third-order valence-electron chi connectivity index (χ3n) is 1.30. The number of hydrogen-bond acceptors (Lipinski definition) is 4. The molecule has 0 aromatic rings. The van der Waals surface area contributed by atoms with Crippen LogP contribution in [0.25, 0.3) is 0 Å². The summed E-state index contributed by atoms with van der Waals surface area (Å²) in [5.41, 5.74) is 0.401. The van der Waals surface area contributed by atoms with Gasteiger partial charge < -0.3 is 14.8 Å². The van der Waals surface area contributed by atoms with Crippen molar-refractivity contribution in [3.05, 3.63) is 36.4 Å². The fourth-order valence-corrected chi connectivity index (χ4v) is 0.467. The number of methoxy groups -OCH3 is 1. The lowest BCUT2D eigenvalue weighted by molar-refractivity contribution is -0.137. The largest absolute Gasteiger partial charge is 0.488 e. The van der Waals surface area contributed by atoms with Crippen LogP contribution in [0.3, 0.4) is 0 Å². The maximum absolute atomic E-state index is 9.59. The maximum Gasteiger partial charge on any atom is 0.488 e. The Morgan fingerprint density at radius 1 is 1.47 bits per heavy atom. The van der Waals surface area contributed by atoms with Crippen LogP contribution in [-0.4, -0.2) is 30.2 Å². The van der Waals surface area contributed by atoms with Crippen molar-refractivity contribution >= 4 is 13.1 Å². The highest BCUT2D eigenvalue weighted by molar-refractivity contribution is 6.51. The zero-order valence-electron chi connectivity index (χ0n) is 9.30. The van der Waals surface area contributed by atoms with Crippen molar-refractivity contribution in [3.63, 3.8) is 0 Å². The first-order chi connectivity index (χ1) is 6.99. The number of ether oxygens (including phenoxy) is 1. The van der Waals surface area contributed by atoms with Crippen molar-refractivity contribution < 1.29 is 19.6 Å². The van der Waals surface area contributed by atoms with Crippen LogP contribution in [0.15, 0.2) is 36.4 Å². The van der Waals surface area contributed by atoms with E-state index in [0.717, 1.165) is 0 Å². The summed E-state index contributed by atoms with van der Waals surface area (Å²) in [6, 6.07) is 0. The van der Waals surface area contributed by atoms with Gasteiger partial charge in [-0.15, -0.1) is 0 Å². The topological polar surface area (TPSA) is 66.8 Å². The Balaban J connectivity index is 0. The molecule has 84 valence electrons. The van der Waals surface area contributed by atoms with E-state index in [9.17, 15) is 4.79 Å². The monoisotopic (exact) mass is 212 g/mol. The van der Waals surface area contributed by atoms with E-state index < -0.39 is 7.12 Å². The van der Waals surface area contributed by atoms with Gasteiger partial charge in [0, 0.05) is 6.92 Å². The molecule has 2 N–H and O–H groups in total. The molecule has 0 aliphatic rings. The molecule has 0 heterocycles. The molecule has 0 aromatic heterocycles. The van der Waals surface area contributed by atoms with Gasteiger partial charge in [0.25, 0.3) is 0 Å². The van der Waals surface area contributed by atoms with E-state index in [1.807, 2.05) is 6.92 Å². The van der Waals surface area contributed by atoms with Crippen LogP contribution >= 0.6 is 0 Å². The van der Waals surface area contributed by atoms with E-state index in [0.29, 0.717) is 5.47 Å². The molecule has 0 rings (SSSR count). The summed E-state index contributed by atoms with van der Waals surface area (Å²) in [7, 11) is -0.0730. The normalized spacial score (nSPS) is 10.3. The fourth-order valence-electron chi connectivity index (χ4n) is 0.467. The molecular weight excluding hydrogens is 195 g/mol. The summed E-state index contributed by atoms with van der Waals surface area (Å²) in [6.45, 7) is 6.62. The van der Waals surface area contributed by atoms with Crippen LogP contribution in [0.4, 0.5) is 0 Å². The summed E-state index contributed by atoms with van der Waals surface area (Å²) in [6.07, 6.45) is 6.52. The van der Waals surface area contributed by atoms with Gasteiger partial charge in [-0.25, -0.2) is 0 Å². The molecule has 0 amide bonds. The van der Waals surface area contributed by atoms with Crippen LogP contribution < -0.4 is 0 Å². The van der Waals surface area contributed by atoms with Crippen molar-refractivity contribution in [2.45, 2.75) is 13.8 Å². The minimum absolute atomic E-state index is 0.245. The molecule has 0 radical (unpaired) electrons. The molecular formula is C10H17BO4. The summed E-state index contributed by atoms with van der Waals surface area (Å²) >= 11 is 0. The van der Waals surface area contributed by atoms with Crippen molar-refractivity contribution in [2.24, 2.45) is 0 Å². The Kier molecular flexibility index (Phi) is 11.6. The molecule has 0 aliphatic heterocycles. The Hall–Kier alpha value is -1.33. The number of carbonyl (C=O) groups excluding carboxylic acids is 1. The summed E-state index contributed by atoms with van der Waals surface area (Å²) in [5.74, 6) is -0.245. The Bertz CT molecular complexity index is 244. The zero-order valence-corrected chi connectivity index (χ0v) is 9.30. The predicted octanol–water partition coefficient (Wildman–Crippen LogP) is 0.866. The Morgan fingerprint density at radius 3 is 2.13 bits per heavy atom. The predicted molar refractivity (Wildman–Crippen MR) is 61.0 cm³/mol. The highest BCUT2D eigenvalue weighted by Crippen LogP contribution is 1.96. The van der Waals surface area contributed by atoms with E-state index in [4.69, 9.17) is 10.0 Å². The number of allylic oxidation sites excluding steroid dienone is 5. The van der Waals surface area contributed by atoms with Gasteiger partial charge in [0.1, 0.15) is 0 Å². The van der Waals surface area contributed by atoms with Crippen molar-refractivity contribution in [1.29, 1.82) is 0 Å². The molecule has 0 aliphatic carbocycles. The lowest BCUT2D eigenvalue weighted by Crippen LogP contribution is -2.13. The highest BCUT2D eigenvalue weighted by Gasteiger charge is 2.08. The molecule has 0 fully saturated rings. The Labute approximate surface area is 90.7 Å². The maximum atomic E-state index is 9.59. The van der Waals surface area contributed by atoms with E-state index in [1.54, 1.807) is 18.2 Å². The first-order valence-corrected chi connectivity index (χ1v) is 4.35. The average Bonchev–Trinajstić information content (AvgIpc) is 2.19. The van der Waals surface area contributed by atoms with Crippen LogP contribution in [0.2, 0.25) is 0 Å². The zero-order chi connectivity index (χ0) is 12.3. The standard InChI is InChI=1S/C7H11BO2.C3H6O2/c1-3-5-6-7(4-2)8(9)10;1-3(4)5-2/h3-6,9-10H,2H2,1H3;1-2H3/b5-3-,7-6+;. The second kappa shape index (κ2) is 10.8. The first kappa shape index (κ1) is 16.1. The second-order valence-corrected chi connectivity index (χ2v) is 2.47. The summed E-state index contributed by atoms with van der Waals surface area (Å²) in [5, 5.41) is 17.2. The molecule has 0 atom stereocenters. The van der Waals surface area contributed by atoms with Gasteiger partial charge in [-0.2, -0.15) is 0 Å². The third kappa shape index (κ3) is 12.7. The molecule has 0 saturated heterocycles. The van der Waals surface area contributed by atoms with Gasteiger partial charge in [0.15, 0.2) is 0 Å². The molecule has 15 heavy (non-hydrogen) atoms. The van der Waals surface area contributed by atoms with E-state index >= 15 is 0 Å². The minimum atomic E-state index is -1.42. The first-order valence-electron chi connectivity index (χ1n) is 4.35. The molecule has 0 saturated carbocycles. The highest BCUT2D eigenvalue weighted by atomic mass is 16.5. The minimum Gasteiger partial charge on any atom is -0.469 e. The van der Waals surface area contributed by atoms with Crippen LogP contribution in [0.5, 0.6) is 0 Å². The number of carbonyl (C=O) groups is 1. The van der Waals surface area contributed by atoms with Crippen molar-refractivity contribution in [3.8, 4) is 0 Å². The lowest BCUT2D eigenvalue weighted by atomic mass is 9.79. The fraction of sp³-hybridized carbons (Fsp3) is 0.300. The Morgan fingerprint density at radius 2 is 1.93 bits per heavy atom. The molecule has 0 unspecified atom stereocenters. The smallest absolute Gasteiger partial charge is 0.469 e. The molecule has 0 bridgehead atoms. The van der Waals surface area contributed by atoms with Gasteiger partial charge in [0.05, 0.1) is 7.11 Å². The molecule has 0 aromatic carbocycles. The summed E-state index contributed by atoms with van der Waals surface area (Å²) in [4.78, 5) is 9.59. The van der Waals surface area contributed by atoms with E-state index in [2.05, 4.69) is 11.3 Å². The van der Waals surface area contributed by atoms with Gasteiger partial charge in [-0.1, -0.05) is 30.9 Å². The summed E-state index contributed by atoms with van der Waals surface area (Å²) < 4.78 is 4.11. The number of rotatable bonds is 3. The SMILES string of the molecule is C=C/C(=C\C=C/C)B(O)O.COC(C)=O. The van der Waals surface area contributed by atoms with Crippen LogP contribution in [-0.2, 0) is 9.53 Å². The van der Waals surface area contributed by atoms with E-state index in [1.165, 1.54) is 20.1 Å². The van der Waals surface area contributed by atoms with Crippen LogP contribution in [0, 0.1) is 0 Å². The van der Waals surface area contributed by atoms with Crippen molar-refractivity contribution in [1.82, 2.24) is 0 Å². The van der Waals surface area contributed by atoms with Gasteiger partial charge in [-0.3, -0.25) is 4.79 Å². The third-order valence-corrected chi connectivity index (χ3v) is 1.30. The van der Waals surface area contributed by atoms with Gasteiger partial charge in [0.2, 0.25) is 0 Å². The number of hydrogen-bond donors (Lipinski definition) is 2. The second-order valence-electron chi connectivity index (χ2n) is 2.47. The number of esters is 1. The van der Waals surface area contributed by atoms with Crippen molar-refractivity contribution in [2.75, 3.05) is 7.11 Å². The van der Waals surface area contributed by atoms with Gasteiger partial charge >= 0.3 is 13.1 Å².